The molecule has 0 saturated heterocycles. The first-order valence-corrected chi connectivity index (χ1v) is 10.1. The first kappa shape index (κ1) is 19.6. The zero-order valence-corrected chi connectivity index (χ0v) is 16.9. The van der Waals surface area contributed by atoms with Gasteiger partial charge in [-0.25, -0.2) is 4.39 Å². The molecule has 1 N–H and O–H groups in total. The Kier molecular flexibility index (Phi) is 5.17. The predicted molar refractivity (Wildman–Crippen MR) is 111 cm³/mol. The number of nitrogens with zero attached hydrogens (tertiary/aromatic N) is 1. The van der Waals surface area contributed by atoms with Crippen LogP contribution < -0.4 is 4.90 Å². The summed E-state index contributed by atoms with van der Waals surface area (Å²) in [6.45, 7) is 0. The van der Waals surface area contributed by atoms with Crippen LogP contribution in [0, 0.1) is 5.82 Å². The van der Waals surface area contributed by atoms with Crippen molar-refractivity contribution >= 4 is 51.9 Å². The van der Waals surface area contributed by atoms with Crippen LogP contribution in [0.3, 0.4) is 0 Å². The van der Waals surface area contributed by atoms with Crippen LogP contribution in [0.1, 0.15) is 21.3 Å². The second kappa shape index (κ2) is 7.63. The Balaban J connectivity index is 1.90. The number of carbonyl (C=O) groups is 2. The average molecular weight is 448 g/mol. The molecule has 1 aliphatic rings. The maximum atomic E-state index is 13.4. The van der Waals surface area contributed by atoms with E-state index in [1.54, 1.807) is 35.7 Å². The fourth-order valence-electron chi connectivity index (χ4n) is 3.24. The molecule has 1 aromatic heterocycles. The van der Waals surface area contributed by atoms with Crippen LogP contribution in [0.2, 0.25) is 10.0 Å². The smallest absolute Gasteiger partial charge is 0.294 e. The van der Waals surface area contributed by atoms with E-state index in [4.69, 9.17) is 23.2 Å². The summed E-state index contributed by atoms with van der Waals surface area (Å²) in [6, 6.07) is 12.3. The van der Waals surface area contributed by atoms with Crippen LogP contribution in [0.4, 0.5) is 10.1 Å². The lowest BCUT2D eigenvalue weighted by molar-refractivity contribution is -0.117. The van der Waals surface area contributed by atoms with Gasteiger partial charge in [0, 0.05) is 5.69 Å². The molecule has 146 valence electrons. The monoisotopic (exact) mass is 447 g/mol. The standard InChI is InChI=1S/C21H12Cl2FNO3S/c22-14-8-3-11(10-15(14)23)18-17(19(26)16-2-1-9-29-16)20(27)21(28)25(18)13-6-4-12(24)5-7-13/h1-10,18,27H. The number of anilines is 1. The summed E-state index contributed by atoms with van der Waals surface area (Å²) in [5, 5.41) is 12.9. The van der Waals surface area contributed by atoms with E-state index >= 15 is 0 Å². The number of halogens is 3. The largest absolute Gasteiger partial charge is 0.503 e. The molecular weight excluding hydrogens is 436 g/mol. The van der Waals surface area contributed by atoms with Crippen LogP contribution in [0.25, 0.3) is 0 Å². The number of Topliss-reactive ketones (excluding diaryl/α,β-unsaturated/α-hetero) is 1. The molecule has 8 heteroatoms. The number of aliphatic hydroxyl groups excluding tert-OH is 1. The molecule has 1 atom stereocenters. The van der Waals surface area contributed by atoms with Crippen molar-refractivity contribution in [1.29, 1.82) is 0 Å². The van der Waals surface area contributed by atoms with E-state index in [0.717, 1.165) is 0 Å². The van der Waals surface area contributed by atoms with E-state index in [9.17, 15) is 19.1 Å². The van der Waals surface area contributed by atoms with Crippen LogP contribution in [-0.4, -0.2) is 16.8 Å². The summed E-state index contributed by atoms with van der Waals surface area (Å²) in [5.41, 5.74) is 0.745. The molecule has 2 heterocycles. The maximum absolute atomic E-state index is 13.4. The van der Waals surface area contributed by atoms with E-state index in [1.165, 1.54) is 40.5 Å². The summed E-state index contributed by atoms with van der Waals surface area (Å²) >= 11 is 13.4. The number of hydrogen-bond donors (Lipinski definition) is 1. The van der Waals surface area contributed by atoms with Gasteiger partial charge in [0.15, 0.2) is 5.76 Å². The van der Waals surface area contributed by atoms with Gasteiger partial charge in [-0.05, 0) is 53.4 Å². The molecule has 1 aliphatic heterocycles. The van der Waals surface area contributed by atoms with E-state index in [2.05, 4.69) is 0 Å². The minimum atomic E-state index is -0.947. The Morgan fingerprint density at radius 1 is 1.07 bits per heavy atom. The Morgan fingerprint density at radius 2 is 1.79 bits per heavy atom. The quantitative estimate of drug-likeness (QED) is 0.500. The molecular formula is C21H12Cl2FNO3S. The lowest BCUT2D eigenvalue weighted by Gasteiger charge is -2.27. The molecule has 4 nitrogen and oxygen atoms in total. The van der Waals surface area contributed by atoms with Crippen LogP contribution in [0.15, 0.2) is 71.3 Å². The third-order valence-corrected chi connectivity index (χ3v) is 6.17. The molecule has 0 spiro atoms. The third kappa shape index (κ3) is 3.44. The van der Waals surface area contributed by atoms with Gasteiger partial charge in [-0.15, -0.1) is 11.3 Å². The van der Waals surface area contributed by atoms with Gasteiger partial charge in [-0.3, -0.25) is 14.5 Å². The van der Waals surface area contributed by atoms with Crippen molar-refractivity contribution in [3.8, 4) is 0 Å². The SMILES string of the molecule is O=C(C1=C(O)C(=O)N(c2ccc(F)cc2)C1c1ccc(Cl)c(Cl)c1)c1cccs1. The molecule has 1 amide bonds. The molecule has 2 aromatic carbocycles. The van der Waals surface area contributed by atoms with Gasteiger partial charge in [-0.2, -0.15) is 0 Å². The molecule has 0 saturated carbocycles. The second-order valence-corrected chi connectivity index (χ2v) is 8.06. The number of rotatable bonds is 4. The Hall–Kier alpha value is -2.67. The molecule has 0 aliphatic carbocycles. The summed E-state index contributed by atoms with van der Waals surface area (Å²) in [7, 11) is 0. The topological polar surface area (TPSA) is 57.6 Å². The van der Waals surface area contributed by atoms with E-state index in [-0.39, 0.29) is 10.6 Å². The van der Waals surface area contributed by atoms with Gasteiger partial charge in [-0.1, -0.05) is 35.3 Å². The highest BCUT2D eigenvalue weighted by atomic mass is 35.5. The summed E-state index contributed by atoms with van der Waals surface area (Å²) in [4.78, 5) is 27.7. The van der Waals surface area contributed by atoms with Crippen molar-refractivity contribution in [3.63, 3.8) is 0 Å². The highest BCUT2D eigenvalue weighted by molar-refractivity contribution is 7.12. The highest BCUT2D eigenvalue weighted by Gasteiger charge is 2.45. The lowest BCUT2D eigenvalue weighted by atomic mass is 9.95. The molecule has 1 unspecified atom stereocenters. The minimum Gasteiger partial charge on any atom is -0.503 e. The maximum Gasteiger partial charge on any atom is 0.294 e. The van der Waals surface area contributed by atoms with Crippen molar-refractivity contribution in [2.45, 2.75) is 6.04 Å². The fourth-order valence-corrected chi connectivity index (χ4v) is 4.23. The Morgan fingerprint density at radius 3 is 2.41 bits per heavy atom. The first-order valence-electron chi connectivity index (χ1n) is 8.44. The van der Waals surface area contributed by atoms with Crippen LogP contribution >= 0.6 is 34.5 Å². The normalized spacial score (nSPS) is 16.6. The number of hydrogen-bond acceptors (Lipinski definition) is 4. The number of amides is 1. The van der Waals surface area contributed by atoms with Gasteiger partial charge in [0.25, 0.3) is 5.91 Å². The molecule has 3 aromatic rings. The van der Waals surface area contributed by atoms with Crippen molar-refractivity contribution < 1.29 is 19.1 Å². The summed E-state index contributed by atoms with van der Waals surface area (Å²) in [6.07, 6.45) is 0. The zero-order valence-electron chi connectivity index (χ0n) is 14.6. The third-order valence-electron chi connectivity index (χ3n) is 4.56. The number of aliphatic hydroxyl groups is 1. The second-order valence-electron chi connectivity index (χ2n) is 6.30. The molecule has 0 radical (unpaired) electrons. The Labute approximate surface area is 179 Å². The van der Waals surface area contributed by atoms with Gasteiger partial charge < -0.3 is 5.11 Å². The number of ketones is 1. The van der Waals surface area contributed by atoms with Gasteiger partial charge in [0.05, 0.1) is 26.5 Å². The van der Waals surface area contributed by atoms with Crippen molar-refractivity contribution in [2.75, 3.05) is 4.90 Å². The molecule has 0 bridgehead atoms. The zero-order chi connectivity index (χ0) is 20.7. The number of benzene rings is 2. The minimum absolute atomic E-state index is 0.0693. The summed E-state index contributed by atoms with van der Waals surface area (Å²) < 4.78 is 13.4. The molecule has 0 fully saturated rings. The van der Waals surface area contributed by atoms with E-state index < -0.39 is 29.3 Å². The van der Waals surface area contributed by atoms with Gasteiger partial charge >= 0.3 is 0 Å². The van der Waals surface area contributed by atoms with Crippen molar-refractivity contribution in [1.82, 2.24) is 0 Å². The fraction of sp³-hybridized carbons (Fsp3) is 0.0476. The summed E-state index contributed by atoms with van der Waals surface area (Å²) in [5.74, 6) is -2.35. The highest BCUT2D eigenvalue weighted by Crippen LogP contribution is 2.43. The lowest BCUT2D eigenvalue weighted by Crippen LogP contribution is -2.31. The van der Waals surface area contributed by atoms with Crippen LogP contribution in [-0.2, 0) is 4.79 Å². The Bertz CT molecular complexity index is 1140. The van der Waals surface area contributed by atoms with Crippen LogP contribution in [0.5, 0.6) is 0 Å². The number of carbonyl (C=O) groups excluding carboxylic acids is 2. The van der Waals surface area contributed by atoms with E-state index in [0.29, 0.717) is 21.2 Å². The van der Waals surface area contributed by atoms with Crippen molar-refractivity contribution in [3.05, 3.63) is 97.6 Å². The first-order chi connectivity index (χ1) is 13.9. The molecule has 29 heavy (non-hydrogen) atoms. The average Bonchev–Trinajstić information content (AvgIpc) is 3.32. The predicted octanol–water partition coefficient (Wildman–Crippen LogP) is 5.98. The van der Waals surface area contributed by atoms with E-state index in [1.807, 2.05) is 0 Å². The van der Waals surface area contributed by atoms with Gasteiger partial charge in [0.1, 0.15) is 5.82 Å². The molecule has 4 rings (SSSR count). The van der Waals surface area contributed by atoms with Crippen molar-refractivity contribution in [2.24, 2.45) is 0 Å². The van der Waals surface area contributed by atoms with Gasteiger partial charge in [0.2, 0.25) is 5.78 Å². The number of thiophene rings is 1.